The minimum Gasteiger partial charge on any atom is -0.268 e. The minimum absolute atomic E-state index is 0.0199. The van der Waals surface area contributed by atoms with Crippen LogP contribution < -0.4 is 0 Å². The zero-order chi connectivity index (χ0) is 17.8. The molecule has 0 spiro atoms. The van der Waals surface area contributed by atoms with Crippen LogP contribution in [0.1, 0.15) is 18.1 Å². The predicted octanol–water partition coefficient (Wildman–Crippen LogP) is 3.12. The lowest BCUT2D eigenvalue weighted by atomic mass is 10.1. The Morgan fingerprint density at radius 3 is 1.48 bits per heavy atom. The van der Waals surface area contributed by atoms with E-state index in [0.717, 1.165) is 20.9 Å². The number of urea groups is 1. The minimum atomic E-state index is -0.590. The van der Waals surface area contributed by atoms with Crippen LogP contribution in [0.4, 0.5) is 4.79 Å². The number of nitrogens with zero attached hydrogens (tertiary/aromatic N) is 2. The molecule has 0 N–H and O–H groups in total. The van der Waals surface area contributed by atoms with E-state index in [9.17, 15) is 14.4 Å². The van der Waals surface area contributed by atoms with E-state index in [0.29, 0.717) is 0 Å². The maximum atomic E-state index is 12.8. The Morgan fingerprint density at radius 1 is 0.720 bits per heavy atom. The van der Waals surface area contributed by atoms with Gasteiger partial charge in [-0.3, -0.25) is 19.4 Å². The molecular weight excluding hydrogens is 316 g/mol. The molecule has 1 saturated heterocycles. The van der Waals surface area contributed by atoms with Crippen LogP contribution in [0.3, 0.4) is 0 Å². The lowest BCUT2D eigenvalue weighted by molar-refractivity contribution is -0.136. The van der Waals surface area contributed by atoms with E-state index in [1.54, 1.807) is 6.92 Å². The van der Waals surface area contributed by atoms with Gasteiger partial charge in [0.2, 0.25) is 0 Å². The first-order chi connectivity index (χ1) is 12.1. The zero-order valence-electron chi connectivity index (χ0n) is 13.9. The van der Waals surface area contributed by atoms with Crippen LogP contribution >= 0.6 is 0 Å². The van der Waals surface area contributed by atoms with Crippen molar-refractivity contribution in [2.24, 2.45) is 0 Å². The summed E-state index contributed by atoms with van der Waals surface area (Å²) in [7, 11) is 0. The summed E-state index contributed by atoms with van der Waals surface area (Å²) < 4.78 is 0. The van der Waals surface area contributed by atoms with Gasteiger partial charge in [-0.25, -0.2) is 4.79 Å². The molecule has 0 atom stereocenters. The lowest BCUT2D eigenvalue weighted by Crippen LogP contribution is -2.55. The maximum Gasteiger partial charge on any atom is 0.334 e. The van der Waals surface area contributed by atoms with Gasteiger partial charge in [-0.1, -0.05) is 66.7 Å². The predicted molar refractivity (Wildman–Crippen MR) is 93.1 cm³/mol. The van der Waals surface area contributed by atoms with Crippen molar-refractivity contribution < 1.29 is 14.4 Å². The highest BCUT2D eigenvalue weighted by Crippen LogP contribution is 2.21. The number of rotatable bonds is 4. The fraction of sp³-hybridized carbons (Fsp3) is 0.150. The lowest BCUT2D eigenvalue weighted by Gasteiger charge is -2.34. The zero-order valence-corrected chi connectivity index (χ0v) is 13.9. The van der Waals surface area contributed by atoms with E-state index < -0.39 is 17.8 Å². The van der Waals surface area contributed by atoms with Crippen molar-refractivity contribution in [3.05, 3.63) is 83.4 Å². The van der Waals surface area contributed by atoms with Gasteiger partial charge in [0.15, 0.2) is 0 Å². The van der Waals surface area contributed by atoms with E-state index in [1.807, 2.05) is 60.7 Å². The molecule has 5 heteroatoms. The van der Waals surface area contributed by atoms with Crippen molar-refractivity contribution in [1.29, 1.82) is 0 Å². The highest BCUT2D eigenvalue weighted by atomic mass is 16.2. The Kier molecular flexibility index (Phi) is 4.75. The smallest absolute Gasteiger partial charge is 0.268 e. The molecule has 25 heavy (non-hydrogen) atoms. The second kappa shape index (κ2) is 7.13. The summed E-state index contributed by atoms with van der Waals surface area (Å²) in [6, 6.07) is 17.9. The summed E-state index contributed by atoms with van der Waals surface area (Å²) in [5.41, 5.74) is 1.67. The fourth-order valence-corrected chi connectivity index (χ4v) is 2.76. The molecule has 0 unspecified atom stereocenters. The van der Waals surface area contributed by atoms with E-state index in [-0.39, 0.29) is 18.7 Å². The first-order valence-corrected chi connectivity index (χ1v) is 8.03. The fourth-order valence-electron chi connectivity index (χ4n) is 2.76. The van der Waals surface area contributed by atoms with Crippen LogP contribution in [0.15, 0.2) is 72.3 Å². The Hall–Kier alpha value is -3.21. The summed E-state index contributed by atoms with van der Waals surface area (Å²) in [5, 5.41) is 0. The molecule has 0 radical (unpaired) electrons. The standard InChI is InChI=1S/C20H18N2O3/c1-2-17-18(23)21(13-15-9-5-3-6-10-15)20(25)22(19(17)24)14-16-11-7-4-8-12-16/h2-12H,13-14H2,1H3. The summed E-state index contributed by atoms with van der Waals surface area (Å²) in [6.45, 7) is 1.89. The number of carbonyl (C=O) groups excluding carboxylic acids is 3. The normalized spacial score (nSPS) is 14.9. The molecule has 2 aromatic carbocycles. The van der Waals surface area contributed by atoms with Crippen LogP contribution in [0, 0.1) is 0 Å². The first-order valence-electron chi connectivity index (χ1n) is 8.03. The van der Waals surface area contributed by atoms with Gasteiger partial charge in [-0.2, -0.15) is 0 Å². The highest BCUT2D eigenvalue weighted by molar-refractivity contribution is 6.28. The van der Waals surface area contributed by atoms with Crippen molar-refractivity contribution in [3.63, 3.8) is 0 Å². The second-order valence-electron chi connectivity index (χ2n) is 5.74. The molecule has 1 aliphatic rings. The highest BCUT2D eigenvalue weighted by Gasteiger charge is 2.41. The third-order valence-corrected chi connectivity index (χ3v) is 4.07. The Balaban J connectivity index is 1.91. The van der Waals surface area contributed by atoms with Crippen molar-refractivity contribution in [1.82, 2.24) is 9.80 Å². The topological polar surface area (TPSA) is 57.7 Å². The van der Waals surface area contributed by atoms with Gasteiger partial charge in [-0.05, 0) is 18.1 Å². The van der Waals surface area contributed by atoms with Crippen LogP contribution in [0.5, 0.6) is 0 Å². The number of benzene rings is 2. The second-order valence-corrected chi connectivity index (χ2v) is 5.74. The van der Waals surface area contributed by atoms with Gasteiger partial charge < -0.3 is 0 Å². The molecule has 4 amide bonds. The van der Waals surface area contributed by atoms with Crippen molar-refractivity contribution >= 4 is 17.8 Å². The Labute approximate surface area is 146 Å². The third kappa shape index (κ3) is 3.35. The van der Waals surface area contributed by atoms with E-state index in [1.165, 1.54) is 6.08 Å². The monoisotopic (exact) mass is 334 g/mol. The van der Waals surface area contributed by atoms with Crippen LogP contribution in [-0.4, -0.2) is 27.6 Å². The SMILES string of the molecule is CC=C1C(=O)N(Cc2ccccc2)C(=O)N(Cc2ccccc2)C1=O. The average Bonchev–Trinajstić information content (AvgIpc) is 2.64. The molecule has 1 heterocycles. The van der Waals surface area contributed by atoms with Crippen molar-refractivity contribution in [2.45, 2.75) is 20.0 Å². The van der Waals surface area contributed by atoms with Gasteiger partial charge in [0.05, 0.1) is 13.1 Å². The van der Waals surface area contributed by atoms with Gasteiger partial charge in [0, 0.05) is 0 Å². The van der Waals surface area contributed by atoms with Crippen LogP contribution in [-0.2, 0) is 22.7 Å². The van der Waals surface area contributed by atoms with Crippen LogP contribution in [0.2, 0.25) is 0 Å². The van der Waals surface area contributed by atoms with Gasteiger partial charge in [0.25, 0.3) is 11.8 Å². The number of hydrogen-bond donors (Lipinski definition) is 0. The van der Waals surface area contributed by atoms with E-state index in [2.05, 4.69) is 0 Å². The molecule has 2 aromatic rings. The third-order valence-electron chi connectivity index (χ3n) is 4.07. The molecule has 0 saturated carbocycles. The summed E-state index contributed by atoms with van der Waals surface area (Å²) in [5.74, 6) is -1.10. The summed E-state index contributed by atoms with van der Waals surface area (Å²) in [4.78, 5) is 40.2. The van der Waals surface area contributed by atoms with E-state index >= 15 is 0 Å². The first kappa shape index (κ1) is 16.6. The molecule has 1 fully saturated rings. The molecule has 1 aliphatic heterocycles. The number of imide groups is 2. The largest absolute Gasteiger partial charge is 0.334 e. The average molecular weight is 334 g/mol. The molecule has 3 rings (SSSR count). The molecule has 0 aliphatic carbocycles. The molecular formula is C20H18N2O3. The number of carbonyl (C=O) groups is 3. The van der Waals surface area contributed by atoms with Gasteiger partial charge in [0.1, 0.15) is 5.57 Å². The number of hydrogen-bond acceptors (Lipinski definition) is 3. The Morgan fingerprint density at radius 2 is 1.12 bits per heavy atom. The van der Waals surface area contributed by atoms with E-state index in [4.69, 9.17) is 0 Å². The maximum absolute atomic E-state index is 12.8. The van der Waals surface area contributed by atoms with Crippen molar-refractivity contribution in [2.75, 3.05) is 0 Å². The molecule has 5 nitrogen and oxygen atoms in total. The summed E-state index contributed by atoms with van der Waals surface area (Å²) >= 11 is 0. The number of allylic oxidation sites excluding steroid dienone is 1. The molecule has 0 aromatic heterocycles. The van der Waals surface area contributed by atoms with Gasteiger partial charge in [-0.15, -0.1) is 0 Å². The quantitative estimate of drug-likeness (QED) is 0.637. The Bertz CT molecular complexity index is 763. The van der Waals surface area contributed by atoms with Gasteiger partial charge >= 0.3 is 6.03 Å². The number of barbiturate groups is 1. The summed E-state index contributed by atoms with van der Waals surface area (Å²) in [6.07, 6.45) is 1.47. The van der Waals surface area contributed by atoms with Crippen LogP contribution in [0.25, 0.3) is 0 Å². The molecule has 0 bridgehead atoms. The number of amides is 4. The van der Waals surface area contributed by atoms with Crippen molar-refractivity contribution in [3.8, 4) is 0 Å². The molecule has 126 valence electrons.